The molecule has 16 heavy (non-hydrogen) atoms. The van der Waals surface area contributed by atoms with Crippen molar-refractivity contribution in [3.8, 4) is 0 Å². The van der Waals surface area contributed by atoms with Crippen molar-refractivity contribution in [1.29, 1.82) is 0 Å². The average Bonchev–Trinajstić information content (AvgIpc) is 2.52. The monoisotopic (exact) mass is 257 g/mol. The van der Waals surface area contributed by atoms with E-state index in [9.17, 15) is 0 Å². The second-order valence-electron chi connectivity index (χ2n) is 6.32. The van der Waals surface area contributed by atoms with Gasteiger partial charge in [0.1, 0.15) is 0 Å². The first-order valence-electron chi connectivity index (χ1n) is 6.49. The number of nitrogens with zero attached hydrogens (tertiary/aromatic N) is 2. The highest BCUT2D eigenvalue weighted by Gasteiger charge is 2.37. The molecule has 1 heterocycles. The van der Waals surface area contributed by atoms with Gasteiger partial charge in [0.25, 0.3) is 0 Å². The SMILES string of the molecule is C[Si](C)(CCCN)/N=N/C1CCC[Si]1(C)C. The van der Waals surface area contributed by atoms with Crippen LogP contribution in [0.1, 0.15) is 19.3 Å². The van der Waals surface area contributed by atoms with Crippen molar-refractivity contribution in [2.24, 2.45) is 15.6 Å². The number of hydrogen-bond acceptors (Lipinski definition) is 3. The molecule has 1 rings (SSSR count). The average molecular weight is 258 g/mol. The number of hydrogen-bond donors (Lipinski definition) is 1. The first kappa shape index (κ1) is 14.1. The van der Waals surface area contributed by atoms with Crippen molar-refractivity contribution in [2.75, 3.05) is 6.54 Å². The van der Waals surface area contributed by atoms with Gasteiger partial charge in [-0.1, -0.05) is 25.6 Å². The lowest BCUT2D eigenvalue weighted by Gasteiger charge is -2.22. The molecular formula is C11H27N3Si2. The van der Waals surface area contributed by atoms with Gasteiger partial charge in [0.15, 0.2) is 0 Å². The van der Waals surface area contributed by atoms with Gasteiger partial charge in [-0.2, -0.15) is 0 Å². The number of rotatable bonds is 5. The van der Waals surface area contributed by atoms with Crippen LogP contribution in [0.4, 0.5) is 0 Å². The van der Waals surface area contributed by atoms with E-state index in [0.29, 0.717) is 5.67 Å². The Morgan fingerprint density at radius 1 is 1.38 bits per heavy atom. The van der Waals surface area contributed by atoms with Crippen molar-refractivity contribution in [3.63, 3.8) is 0 Å². The summed E-state index contributed by atoms with van der Waals surface area (Å²) in [5.74, 6) is 0. The van der Waals surface area contributed by atoms with Gasteiger partial charge in [0, 0.05) is 0 Å². The van der Waals surface area contributed by atoms with Crippen LogP contribution in [0.3, 0.4) is 0 Å². The van der Waals surface area contributed by atoms with Crippen LogP contribution in [0.25, 0.3) is 0 Å². The summed E-state index contributed by atoms with van der Waals surface area (Å²) < 4.78 is 4.71. The smallest absolute Gasteiger partial charge is 0.203 e. The Morgan fingerprint density at radius 2 is 2.06 bits per heavy atom. The Morgan fingerprint density at radius 3 is 2.56 bits per heavy atom. The van der Waals surface area contributed by atoms with Crippen LogP contribution in [-0.2, 0) is 0 Å². The van der Waals surface area contributed by atoms with Crippen LogP contribution in [0, 0.1) is 0 Å². The van der Waals surface area contributed by atoms with E-state index >= 15 is 0 Å². The molecule has 3 nitrogen and oxygen atoms in total. The van der Waals surface area contributed by atoms with Crippen molar-refractivity contribution in [3.05, 3.63) is 0 Å². The van der Waals surface area contributed by atoms with Gasteiger partial charge in [0.2, 0.25) is 8.24 Å². The zero-order chi connectivity index (χ0) is 12.2. The second-order valence-corrected chi connectivity index (χ2v) is 15.8. The molecule has 0 amide bonds. The standard InChI is InChI=1S/C11H27N3Si2/c1-15(2)9-5-7-11(15)13-14-16(3,4)10-6-8-12/h11H,5-10,12H2,1-4H3/b14-13+. The molecule has 0 aromatic heterocycles. The highest BCUT2D eigenvalue weighted by atomic mass is 28.3. The molecule has 1 fully saturated rings. The maximum absolute atomic E-state index is 5.55. The van der Waals surface area contributed by atoms with E-state index in [0.717, 1.165) is 13.0 Å². The minimum atomic E-state index is -1.45. The summed E-state index contributed by atoms with van der Waals surface area (Å²) in [7, 11) is -2.52. The van der Waals surface area contributed by atoms with Crippen LogP contribution in [-0.4, -0.2) is 28.5 Å². The van der Waals surface area contributed by atoms with E-state index < -0.39 is 16.3 Å². The summed E-state index contributed by atoms with van der Waals surface area (Å²) in [6.45, 7) is 10.3. The van der Waals surface area contributed by atoms with Crippen molar-refractivity contribution in [1.82, 2.24) is 0 Å². The van der Waals surface area contributed by atoms with E-state index in [4.69, 9.17) is 15.6 Å². The summed E-state index contributed by atoms with van der Waals surface area (Å²) in [6.07, 6.45) is 3.75. The van der Waals surface area contributed by atoms with Crippen LogP contribution in [0.5, 0.6) is 0 Å². The molecule has 5 heteroatoms. The summed E-state index contributed by atoms with van der Waals surface area (Å²) in [5.41, 5.74) is 6.15. The van der Waals surface area contributed by atoms with E-state index in [1.807, 2.05) is 0 Å². The van der Waals surface area contributed by atoms with Gasteiger partial charge < -0.3 is 5.73 Å². The van der Waals surface area contributed by atoms with Crippen molar-refractivity contribution in [2.45, 2.75) is 63.2 Å². The second kappa shape index (κ2) is 5.55. The van der Waals surface area contributed by atoms with E-state index in [2.05, 4.69) is 26.2 Å². The third-order valence-electron chi connectivity index (χ3n) is 3.66. The molecule has 0 bridgehead atoms. The summed E-state index contributed by atoms with van der Waals surface area (Å²) in [5, 5.41) is 4.71. The highest BCUT2D eigenvalue weighted by Crippen LogP contribution is 2.32. The molecule has 0 radical (unpaired) electrons. The van der Waals surface area contributed by atoms with Crippen molar-refractivity contribution >= 4 is 16.3 Å². The van der Waals surface area contributed by atoms with E-state index in [1.54, 1.807) is 0 Å². The third-order valence-corrected chi connectivity index (χ3v) is 9.75. The van der Waals surface area contributed by atoms with E-state index in [-0.39, 0.29) is 0 Å². The Bertz CT molecular complexity index is 252. The van der Waals surface area contributed by atoms with Gasteiger partial charge in [-0.15, -0.1) is 0 Å². The summed E-state index contributed by atoms with van der Waals surface area (Å²) in [6, 6.07) is 2.61. The zero-order valence-corrected chi connectivity index (χ0v) is 13.3. The Hall–Kier alpha value is -0.00623. The van der Waals surface area contributed by atoms with Crippen LogP contribution in [0.2, 0.25) is 38.3 Å². The maximum atomic E-state index is 5.55. The highest BCUT2D eigenvalue weighted by molar-refractivity contribution is 6.79. The fourth-order valence-corrected chi connectivity index (χ4v) is 6.87. The normalized spacial score (nSPS) is 25.4. The fourth-order valence-electron chi connectivity index (χ4n) is 2.33. The van der Waals surface area contributed by atoms with Gasteiger partial charge in [-0.3, -0.25) is 0 Å². The van der Waals surface area contributed by atoms with Gasteiger partial charge in [0.05, 0.1) is 13.7 Å². The summed E-state index contributed by atoms with van der Waals surface area (Å²) in [4.78, 5) is 0. The molecule has 1 unspecified atom stereocenters. The zero-order valence-electron chi connectivity index (χ0n) is 11.3. The Labute approximate surface area is 102 Å². The molecule has 0 aromatic rings. The summed E-state index contributed by atoms with van der Waals surface area (Å²) >= 11 is 0. The lowest BCUT2D eigenvalue weighted by atomic mass is 10.3. The first-order valence-corrected chi connectivity index (χ1v) is 12.9. The van der Waals surface area contributed by atoms with Gasteiger partial charge in [-0.05, 0) is 38.5 Å². The molecule has 0 saturated carbocycles. The number of nitrogens with two attached hydrogens (primary N) is 1. The van der Waals surface area contributed by atoms with E-state index in [1.165, 1.54) is 24.9 Å². The molecule has 2 N–H and O–H groups in total. The lowest BCUT2D eigenvalue weighted by Crippen LogP contribution is -2.35. The van der Waals surface area contributed by atoms with Gasteiger partial charge in [-0.25, -0.2) is 9.89 Å². The molecule has 94 valence electrons. The predicted molar refractivity (Wildman–Crippen MR) is 76.1 cm³/mol. The molecular weight excluding hydrogens is 230 g/mol. The largest absolute Gasteiger partial charge is 0.330 e. The molecule has 1 saturated heterocycles. The molecule has 0 aliphatic carbocycles. The Balaban J connectivity index is 2.52. The first-order chi connectivity index (χ1) is 7.37. The topological polar surface area (TPSA) is 50.7 Å². The van der Waals surface area contributed by atoms with Crippen molar-refractivity contribution < 1.29 is 0 Å². The third kappa shape index (κ3) is 4.10. The Kier molecular flexibility index (Phi) is 4.88. The molecule has 1 aliphatic heterocycles. The maximum Gasteiger partial charge on any atom is 0.203 e. The minimum Gasteiger partial charge on any atom is -0.330 e. The molecule has 0 spiro atoms. The molecule has 0 aromatic carbocycles. The van der Waals surface area contributed by atoms with Gasteiger partial charge >= 0.3 is 0 Å². The lowest BCUT2D eigenvalue weighted by molar-refractivity contribution is 0.766. The molecule has 1 aliphatic rings. The fraction of sp³-hybridized carbons (Fsp3) is 1.00. The predicted octanol–water partition coefficient (Wildman–Crippen LogP) is 3.40. The molecule has 1 atom stereocenters. The van der Waals surface area contributed by atoms with Crippen LogP contribution >= 0.6 is 0 Å². The van der Waals surface area contributed by atoms with Crippen LogP contribution < -0.4 is 5.73 Å². The van der Waals surface area contributed by atoms with Crippen LogP contribution in [0.15, 0.2) is 9.89 Å². The minimum absolute atomic E-state index is 0.595. The quantitative estimate of drug-likeness (QED) is 0.595.